The number of hydrogen-bond donors (Lipinski definition) is 2. The first-order valence-corrected chi connectivity index (χ1v) is 4.99. The average molecular weight is 226 g/mol. The van der Waals surface area contributed by atoms with Crippen molar-refractivity contribution in [1.29, 1.82) is 0 Å². The third-order valence-electron chi connectivity index (χ3n) is 1.87. The minimum absolute atomic E-state index is 0.176. The molecule has 0 aliphatic heterocycles. The van der Waals surface area contributed by atoms with Crippen LogP contribution in [0.2, 0.25) is 0 Å². The molecule has 16 heavy (non-hydrogen) atoms. The minimum atomic E-state index is -1.07. The molecule has 0 amide bonds. The Balaban J connectivity index is 2.64. The lowest BCUT2D eigenvalue weighted by Gasteiger charge is -2.06. The molecule has 0 aromatic carbocycles. The molecule has 0 radical (unpaired) electrons. The largest absolute Gasteiger partial charge is 0.479 e. The lowest BCUT2D eigenvalue weighted by molar-refractivity contribution is -0.141. The van der Waals surface area contributed by atoms with Gasteiger partial charge in [-0.1, -0.05) is 13.8 Å². The maximum absolute atomic E-state index is 10.2. The Hall–Kier alpha value is -1.76. The molecule has 88 valence electrons. The average Bonchev–Trinajstić information content (AvgIpc) is 2.28. The van der Waals surface area contributed by atoms with Crippen molar-refractivity contribution in [3.05, 3.63) is 11.4 Å². The predicted octanol–water partition coefficient (Wildman–Crippen LogP) is 0.424. The lowest BCUT2D eigenvalue weighted by Crippen LogP contribution is -2.14. The van der Waals surface area contributed by atoms with Crippen LogP contribution in [-0.4, -0.2) is 32.9 Å². The molecular formula is C9H14N4O3. The summed E-state index contributed by atoms with van der Waals surface area (Å²) in [6.45, 7) is 3.48. The molecule has 0 saturated carbocycles. The van der Waals surface area contributed by atoms with Gasteiger partial charge < -0.3 is 5.11 Å². The first-order valence-electron chi connectivity index (χ1n) is 4.99. The number of aryl methyl sites for hydroxylation is 2. The van der Waals surface area contributed by atoms with Gasteiger partial charge in [0, 0.05) is 0 Å². The summed E-state index contributed by atoms with van der Waals surface area (Å²) >= 11 is 0. The van der Waals surface area contributed by atoms with Crippen LogP contribution in [0.4, 0.5) is 5.95 Å². The molecule has 0 spiro atoms. The molecule has 0 atom stereocenters. The van der Waals surface area contributed by atoms with Crippen molar-refractivity contribution in [2.24, 2.45) is 0 Å². The molecule has 1 aromatic rings. The molecular weight excluding hydrogens is 212 g/mol. The summed E-state index contributed by atoms with van der Waals surface area (Å²) in [6.07, 6.45) is 1.51. The van der Waals surface area contributed by atoms with Crippen LogP contribution in [0.25, 0.3) is 0 Å². The molecule has 0 saturated heterocycles. The van der Waals surface area contributed by atoms with Crippen molar-refractivity contribution in [2.45, 2.75) is 26.7 Å². The second-order valence-electron chi connectivity index (χ2n) is 3.02. The van der Waals surface area contributed by atoms with Gasteiger partial charge in [0.05, 0.1) is 11.4 Å². The summed E-state index contributed by atoms with van der Waals surface area (Å²) in [5, 5.41) is 16.1. The van der Waals surface area contributed by atoms with Crippen LogP contribution in [0.5, 0.6) is 0 Å². The van der Waals surface area contributed by atoms with Crippen molar-refractivity contribution in [3.63, 3.8) is 0 Å². The maximum atomic E-state index is 10.2. The number of aliphatic carboxylic acids is 1. The number of nitrogens with zero attached hydrogens (tertiary/aromatic N) is 3. The molecule has 1 heterocycles. The van der Waals surface area contributed by atoms with Crippen LogP contribution in [0.15, 0.2) is 0 Å². The Morgan fingerprint density at radius 1 is 1.31 bits per heavy atom. The number of carbonyl (C=O) groups is 1. The van der Waals surface area contributed by atoms with E-state index in [1.54, 1.807) is 0 Å². The quantitative estimate of drug-likeness (QED) is 0.678. The van der Waals surface area contributed by atoms with Gasteiger partial charge in [-0.2, -0.15) is 0 Å². The highest BCUT2D eigenvalue weighted by molar-refractivity contribution is 5.68. The van der Waals surface area contributed by atoms with Gasteiger partial charge in [-0.15, -0.1) is 10.2 Å². The van der Waals surface area contributed by atoms with Crippen LogP contribution < -0.4 is 5.48 Å². The second kappa shape index (κ2) is 5.96. The molecule has 0 aliphatic carbocycles. The van der Waals surface area contributed by atoms with E-state index in [2.05, 4.69) is 25.5 Å². The number of carboxylic acids is 1. The van der Waals surface area contributed by atoms with Gasteiger partial charge in [-0.25, -0.2) is 15.3 Å². The standard InChI is InChI=1S/C9H14N4O3/c1-3-6-7(4-2)11-12-9(10-6)13-16-5-8(14)15/h3-5H2,1-2H3,(H,14,15)(H,10,12,13). The summed E-state index contributed by atoms with van der Waals surface area (Å²) in [7, 11) is 0. The van der Waals surface area contributed by atoms with Crippen LogP contribution >= 0.6 is 0 Å². The maximum Gasteiger partial charge on any atom is 0.332 e. The molecule has 7 heteroatoms. The predicted molar refractivity (Wildman–Crippen MR) is 55.8 cm³/mol. The van der Waals surface area contributed by atoms with Crippen LogP contribution in [-0.2, 0) is 22.5 Å². The highest BCUT2D eigenvalue weighted by Crippen LogP contribution is 2.06. The van der Waals surface area contributed by atoms with Crippen molar-refractivity contribution < 1.29 is 14.7 Å². The summed E-state index contributed by atoms with van der Waals surface area (Å²) in [5.74, 6) is -0.892. The monoisotopic (exact) mass is 226 g/mol. The smallest absolute Gasteiger partial charge is 0.332 e. The summed E-state index contributed by atoms with van der Waals surface area (Å²) in [6, 6.07) is 0. The van der Waals surface area contributed by atoms with Gasteiger partial charge in [-0.3, -0.25) is 4.84 Å². The van der Waals surface area contributed by atoms with Gasteiger partial charge in [0.1, 0.15) is 0 Å². The fraction of sp³-hybridized carbons (Fsp3) is 0.556. The molecule has 0 bridgehead atoms. The van der Waals surface area contributed by atoms with E-state index in [4.69, 9.17) is 5.11 Å². The Morgan fingerprint density at radius 2 is 2.00 bits per heavy atom. The number of rotatable bonds is 6. The fourth-order valence-electron chi connectivity index (χ4n) is 1.14. The number of anilines is 1. The topological polar surface area (TPSA) is 97.2 Å². The number of nitrogens with one attached hydrogen (secondary N) is 1. The Kier molecular flexibility index (Phi) is 4.59. The normalized spacial score (nSPS) is 10.1. The van der Waals surface area contributed by atoms with Gasteiger partial charge >= 0.3 is 5.97 Å². The van der Waals surface area contributed by atoms with Crippen LogP contribution in [0.1, 0.15) is 25.2 Å². The van der Waals surface area contributed by atoms with Crippen molar-refractivity contribution in [3.8, 4) is 0 Å². The Labute approximate surface area is 92.8 Å². The second-order valence-corrected chi connectivity index (χ2v) is 3.02. The van der Waals surface area contributed by atoms with E-state index in [0.717, 1.165) is 24.2 Å². The zero-order valence-corrected chi connectivity index (χ0v) is 9.23. The third-order valence-corrected chi connectivity index (χ3v) is 1.87. The number of carboxylic acid groups (broad SMARTS) is 1. The summed E-state index contributed by atoms with van der Waals surface area (Å²) < 4.78 is 0. The van der Waals surface area contributed by atoms with Gasteiger partial charge in [0.2, 0.25) is 0 Å². The van der Waals surface area contributed by atoms with E-state index in [1.165, 1.54) is 0 Å². The zero-order chi connectivity index (χ0) is 12.0. The third kappa shape index (κ3) is 3.43. The van der Waals surface area contributed by atoms with Crippen LogP contribution in [0.3, 0.4) is 0 Å². The molecule has 0 fully saturated rings. The summed E-state index contributed by atoms with van der Waals surface area (Å²) in [4.78, 5) is 19.0. The fourth-order valence-corrected chi connectivity index (χ4v) is 1.14. The highest BCUT2D eigenvalue weighted by atomic mass is 16.7. The van der Waals surface area contributed by atoms with E-state index < -0.39 is 12.6 Å². The van der Waals surface area contributed by atoms with E-state index in [1.807, 2.05) is 13.8 Å². The number of aromatic nitrogens is 3. The van der Waals surface area contributed by atoms with Crippen molar-refractivity contribution in [2.75, 3.05) is 12.1 Å². The van der Waals surface area contributed by atoms with Crippen molar-refractivity contribution in [1.82, 2.24) is 15.2 Å². The highest BCUT2D eigenvalue weighted by Gasteiger charge is 2.06. The number of hydrogen-bond acceptors (Lipinski definition) is 6. The first kappa shape index (κ1) is 12.3. The van der Waals surface area contributed by atoms with Gasteiger partial charge in [-0.05, 0) is 12.8 Å². The van der Waals surface area contributed by atoms with E-state index in [-0.39, 0.29) is 5.95 Å². The SMILES string of the molecule is CCc1nnc(NOCC(=O)O)nc1CC. The van der Waals surface area contributed by atoms with E-state index >= 15 is 0 Å². The molecule has 2 N–H and O–H groups in total. The molecule has 7 nitrogen and oxygen atoms in total. The first-order chi connectivity index (χ1) is 7.67. The summed E-state index contributed by atoms with van der Waals surface area (Å²) in [5.41, 5.74) is 4.01. The molecule has 1 rings (SSSR count). The van der Waals surface area contributed by atoms with Crippen molar-refractivity contribution >= 4 is 11.9 Å². The lowest BCUT2D eigenvalue weighted by atomic mass is 10.2. The van der Waals surface area contributed by atoms with Crippen LogP contribution in [0, 0.1) is 0 Å². The molecule has 0 aliphatic rings. The molecule has 1 aromatic heterocycles. The Bertz CT molecular complexity index is 370. The van der Waals surface area contributed by atoms with E-state index in [0.29, 0.717) is 0 Å². The van der Waals surface area contributed by atoms with E-state index in [9.17, 15) is 4.79 Å². The zero-order valence-electron chi connectivity index (χ0n) is 9.23. The molecule has 0 unspecified atom stereocenters. The van der Waals surface area contributed by atoms with Gasteiger partial charge in [0.15, 0.2) is 6.61 Å². The minimum Gasteiger partial charge on any atom is -0.479 e. The van der Waals surface area contributed by atoms with Gasteiger partial charge in [0.25, 0.3) is 5.95 Å². The Morgan fingerprint density at radius 3 is 2.56 bits per heavy atom.